The molecule has 0 unspecified atom stereocenters. The maximum Gasteiger partial charge on any atom is 0.260 e. The predicted molar refractivity (Wildman–Crippen MR) is 69.2 cm³/mol. The maximum absolute atomic E-state index is 11.7. The van der Waals surface area contributed by atoms with Gasteiger partial charge in [0.15, 0.2) is 6.10 Å². The summed E-state index contributed by atoms with van der Waals surface area (Å²) in [6.45, 7) is 6.56. The van der Waals surface area contributed by atoms with Crippen LogP contribution in [0.4, 0.5) is 0 Å². The molecular formula is C14H21NO2. The second-order valence-corrected chi connectivity index (χ2v) is 4.17. The van der Waals surface area contributed by atoms with Crippen molar-refractivity contribution in [2.45, 2.75) is 39.7 Å². The average Bonchev–Trinajstić information content (AvgIpc) is 2.32. The van der Waals surface area contributed by atoms with Crippen LogP contribution in [-0.2, 0) is 4.79 Å². The minimum absolute atomic E-state index is 0.0540. The van der Waals surface area contributed by atoms with E-state index in [1.165, 1.54) is 0 Å². The van der Waals surface area contributed by atoms with Gasteiger partial charge in [0.25, 0.3) is 5.91 Å². The number of ether oxygens (including phenoxy) is 1. The van der Waals surface area contributed by atoms with Crippen LogP contribution in [0.15, 0.2) is 24.3 Å². The number of hydrogen-bond acceptors (Lipinski definition) is 2. The van der Waals surface area contributed by atoms with Crippen LogP contribution in [0.25, 0.3) is 0 Å². The molecule has 0 aliphatic rings. The Morgan fingerprint density at radius 2 is 2.12 bits per heavy atom. The third kappa shape index (κ3) is 4.47. The number of para-hydroxylation sites is 1. The zero-order valence-electron chi connectivity index (χ0n) is 10.8. The quantitative estimate of drug-likeness (QED) is 0.770. The first kappa shape index (κ1) is 13.6. The van der Waals surface area contributed by atoms with Gasteiger partial charge in [-0.15, -0.1) is 0 Å². The van der Waals surface area contributed by atoms with Crippen molar-refractivity contribution < 1.29 is 9.53 Å². The van der Waals surface area contributed by atoms with Crippen molar-refractivity contribution in [1.82, 2.24) is 5.32 Å². The molecule has 0 aliphatic heterocycles. The Hall–Kier alpha value is -1.51. The number of hydrogen-bond donors (Lipinski definition) is 1. The van der Waals surface area contributed by atoms with E-state index in [-0.39, 0.29) is 5.91 Å². The van der Waals surface area contributed by atoms with E-state index in [4.69, 9.17) is 4.74 Å². The lowest BCUT2D eigenvalue weighted by molar-refractivity contribution is -0.127. The van der Waals surface area contributed by atoms with Crippen LogP contribution >= 0.6 is 0 Å². The third-order valence-electron chi connectivity index (χ3n) is 2.60. The summed E-state index contributed by atoms with van der Waals surface area (Å²) >= 11 is 0. The van der Waals surface area contributed by atoms with Crippen molar-refractivity contribution in [3.63, 3.8) is 0 Å². The summed E-state index contributed by atoms with van der Waals surface area (Å²) in [5.41, 5.74) is 1.04. The number of unbranched alkanes of at least 4 members (excludes halogenated alkanes) is 1. The fourth-order valence-corrected chi connectivity index (χ4v) is 1.46. The largest absolute Gasteiger partial charge is 0.481 e. The summed E-state index contributed by atoms with van der Waals surface area (Å²) in [4.78, 5) is 11.7. The SMILES string of the molecule is CCCCNC(=O)[C@@H](C)Oc1ccccc1C. The molecule has 1 atom stereocenters. The Balaban J connectivity index is 2.46. The van der Waals surface area contributed by atoms with E-state index < -0.39 is 6.10 Å². The van der Waals surface area contributed by atoms with Crippen LogP contribution in [0.2, 0.25) is 0 Å². The molecule has 0 spiro atoms. The van der Waals surface area contributed by atoms with Crippen molar-refractivity contribution in [3.05, 3.63) is 29.8 Å². The van der Waals surface area contributed by atoms with E-state index in [9.17, 15) is 4.79 Å². The molecular weight excluding hydrogens is 214 g/mol. The number of rotatable bonds is 6. The van der Waals surface area contributed by atoms with Crippen molar-refractivity contribution in [2.24, 2.45) is 0 Å². The van der Waals surface area contributed by atoms with Gasteiger partial charge < -0.3 is 10.1 Å². The van der Waals surface area contributed by atoms with Gasteiger partial charge in [-0.2, -0.15) is 0 Å². The summed E-state index contributed by atoms with van der Waals surface area (Å²) in [5.74, 6) is 0.715. The molecule has 17 heavy (non-hydrogen) atoms. The monoisotopic (exact) mass is 235 g/mol. The van der Waals surface area contributed by atoms with Crippen LogP contribution < -0.4 is 10.1 Å². The first-order valence-corrected chi connectivity index (χ1v) is 6.15. The first-order chi connectivity index (χ1) is 8.15. The minimum Gasteiger partial charge on any atom is -0.481 e. The first-order valence-electron chi connectivity index (χ1n) is 6.15. The van der Waals surface area contributed by atoms with Gasteiger partial charge in [-0.1, -0.05) is 31.5 Å². The van der Waals surface area contributed by atoms with Crippen molar-refractivity contribution >= 4 is 5.91 Å². The van der Waals surface area contributed by atoms with Gasteiger partial charge in [-0.25, -0.2) is 0 Å². The van der Waals surface area contributed by atoms with Crippen molar-refractivity contribution in [2.75, 3.05) is 6.54 Å². The summed E-state index contributed by atoms with van der Waals surface area (Å²) < 4.78 is 5.63. The molecule has 0 fully saturated rings. The number of nitrogens with one attached hydrogen (secondary N) is 1. The number of amides is 1. The molecule has 0 radical (unpaired) electrons. The van der Waals surface area contributed by atoms with Gasteiger partial charge in [0.2, 0.25) is 0 Å². The van der Waals surface area contributed by atoms with Gasteiger partial charge in [-0.05, 0) is 31.9 Å². The van der Waals surface area contributed by atoms with Crippen LogP contribution in [0.1, 0.15) is 32.3 Å². The molecule has 1 aromatic carbocycles. The van der Waals surface area contributed by atoms with Crippen molar-refractivity contribution in [1.29, 1.82) is 0 Å². The highest BCUT2D eigenvalue weighted by molar-refractivity contribution is 5.80. The van der Waals surface area contributed by atoms with E-state index in [2.05, 4.69) is 12.2 Å². The number of benzene rings is 1. The fraction of sp³-hybridized carbons (Fsp3) is 0.500. The molecule has 0 saturated heterocycles. The fourth-order valence-electron chi connectivity index (χ4n) is 1.46. The van der Waals surface area contributed by atoms with Gasteiger partial charge in [0, 0.05) is 6.54 Å². The Morgan fingerprint density at radius 3 is 2.76 bits per heavy atom. The summed E-state index contributed by atoms with van der Waals surface area (Å²) in [7, 11) is 0. The molecule has 1 N–H and O–H groups in total. The molecule has 3 heteroatoms. The Morgan fingerprint density at radius 1 is 1.41 bits per heavy atom. The van der Waals surface area contributed by atoms with Crippen LogP contribution in [0, 0.1) is 6.92 Å². The van der Waals surface area contributed by atoms with Gasteiger partial charge in [0.05, 0.1) is 0 Å². The highest BCUT2D eigenvalue weighted by Gasteiger charge is 2.14. The molecule has 1 aromatic rings. The third-order valence-corrected chi connectivity index (χ3v) is 2.60. The second-order valence-electron chi connectivity index (χ2n) is 4.17. The van der Waals surface area contributed by atoms with Gasteiger partial charge >= 0.3 is 0 Å². The lowest BCUT2D eigenvalue weighted by Crippen LogP contribution is -2.36. The highest BCUT2D eigenvalue weighted by Crippen LogP contribution is 2.17. The smallest absolute Gasteiger partial charge is 0.260 e. The molecule has 0 aliphatic carbocycles. The highest BCUT2D eigenvalue weighted by atomic mass is 16.5. The Kier molecular flexibility index (Phi) is 5.53. The molecule has 0 bridgehead atoms. The summed E-state index contributed by atoms with van der Waals surface area (Å²) in [6.07, 6.45) is 1.63. The van der Waals surface area contributed by atoms with Crippen LogP contribution in [0.3, 0.4) is 0 Å². The molecule has 0 aromatic heterocycles. The standard InChI is InChI=1S/C14H21NO2/c1-4-5-10-15-14(16)12(3)17-13-9-7-6-8-11(13)2/h6-9,12H,4-5,10H2,1-3H3,(H,15,16)/t12-/m1/s1. The van der Waals surface area contributed by atoms with Crippen LogP contribution in [0.5, 0.6) is 5.75 Å². The lowest BCUT2D eigenvalue weighted by Gasteiger charge is -2.15. The lowest BCUT2D eigenvalue weighted by atomic mass is 10.2. The predicted octanol–water partition coefficient (Wildman–Crippen LogP) is 2.68. The number of carbonyl (C=O) groups is 1. The molecule has 94 valence electrons. The molecule has 1 rings (SSSR count). The normalized spacial score (nSPS) is 11.9. The Bertz CT molecular complexity index is 363. The number of aryl methyl sites for hydroxylation is 1. The van der Waals surface area contributed by atoms with Gasteiger partial charge in [-0.3, -0.25) is 4.79 Å². The van der Waals surface area contributed by atoms with Gasteiger partial charge in [0.1, 0.15) is 5.75 Å². The van der Waals surface area contributed by atoms with E-state index >= 15 is 0 Å². The second kappa shape index (κ2) is 6.94. The van der Waals surface area contributed by atoms with E-state index in [0.717, 1.165) is 30.7 Å². The minimum atomic E-state index is -0.451. The average molecular weight is 235 g/mol. The van der Waals surface area contributed by atoms with E-state index in [1.54, 1.807) is 6.92 Å². The van der Waals surface area contributed by atoms with E-state index in [1.807, 2.05) is 31.2 Å². The number of carbonyl (C=O) groups excluding carboxylic acids is 1. The topological polar surface area (TPSA) is 38.3 Å². The molecule has 1 amide bonds. The summed E-state index contributed by atoms with van der Waals surface area (Å²) in [5, 5.41) is 2.86. The molecule has 3 nitrogen and oxygen atoms in total. The zero-order chi connectivity index (χ0) is 12.7. The van der Waals surface area contributed by atoms with Crippen LogP contribution in [-0.4, -0.2) is 18.6 Å². The molecule has 0 saturated carbocycles. The maximum atomic E-state index is 11.7. The Labute approximate surface area is 103 Å². The van der Waals surface area contributed by atoms with Crippen molar-refractivity contribution in [3.8, 4) is 5.75 Å². The zero-order valence-corrected chi connectivity index (χ0v) is 10.8. The summed E-state index contributed by atoms with van der Waals surface area (Å²) in [6, 6.07) is 7.71. The van der Waals surface area contributed by atoms with E-state index in [0.29, 0.717) is 0 Å². The molecule has 0 heterocycles.